The third-order valence-corrected chi connectivity index (χ3v) is 3.51. The zero-order valence-corrected chi connectivity index (χ0v) is 9.70. The average Bonchev–Trinajstić information content (AvgIpc) is 2.89. The van der Waals surface area contributed by atoms with E-state index in [1.165, 1.54) is 12.0 Å². The Morgan fingerprint density at radius 1 is 1.50 bits per heavy atom. The minimum atomic E-state index is 0.597. The van der Waals surface area contributed by atoms with Crippen LogP contribution in [-0.2, 0) is 7.05 Å². The normalized spacial score (nSPS) is 20.8. The van der Waals surface area contributed by atoms with Crippen molar-refractivity contribution in [1.29, 1.82) is 0 Å². The third kappa shape index (κ3) is 1.33. The number of aromatic nitrogens is 3. The lowest BCUT2D eigenvalue weighted by molar-refractivity contribution is 0.767. The number of hydrogen-bond donors (Lipinski definition) is 1. The quantitative estimate of drug-likeness (QED) is 0.782. The van der Waals surface area contributed by atoms with E-state index in [1.807, 2.05) is 20.2 Å². The van der Waals surface area contributed by atoms with Gasteiger partial charge in [0, 0.05) is 19.8 Å². The molecule has 84 valence electrons. The van der Waals surface area contributed by atoms with E-state index in [-0.39, 0.29) is 0 Å². The average molecular weight is 216 g/mol. The van der Waals surface area contributed by atoms with Crippen LogP contribution in [0.3, 0.4) is 0 Å². The summed E-state index contributed by atoms with van der Waals surface area (Å²) in [6.07, 6.45) is 3.10. The highest BCUT2D eigenvalue weighted by molar-refractivity contribution is 5.76. The van der Waals surface area contributed by atoms with Crippen LogP contribution in [0.2, 0.25) is 0 Å². The van der Waals surface area contributed by atoms with Gasteiger partial charge in [-0.25, -0.2) is 9.97 Å². The summed E-state index contributed by atoms with van der Waals surface area (Å²) in [6, 6.07) is 2.12. The largest absolute Gasteiger partial charge is 0.316 e. The molecule has 1 saturated heterocycles. The molecule has 1 fully saturated rings. The van der Waals surface area contributed by atoms with Crippen molar-refractivity contribution in [2.75, 3.05) is 13.1 Å². The van der Waals surface area contributed by atoms with Crippen LogP contribution in [0.5, 0.6) is 0 Å². The highest BCUT2D eigenvalue weighted by Gasteiger charge is 2.21. The van der Waals surface area contributed by atoms with E-state index in [2.05, 4.69) is 25.9 Å². The Morgan fingerprint density at radius 3 is 3.12 bits per heavy atom. The molecule has 2 aromatic heterocycles. The molecule has 4 heteroatoms. The Labute approximate surface area is 94.7 Å². The summed E-state index contributed by atoms with van der Waals surface area (Å²) in [5.74, 6) is 1.63. The molecule has 1 aliphatic heterocycles. The fraction of sp³-hybridized carbons (Fsp3) is 0.500. The van der Waals surface area contributed by atoms with Crippen molar-refractivity contribution in [2.24, 2.45) is 7.05 Å². The summed E-state index contributed by atoms with van der Waals surface area (Å²) in [7, 11) is 2.02. The molecule has 0 bridgehead atoms. The predicted octanol–water partition coefficient (Wildman–Crippen LogP) is 1.35. The van der Waals surface area contributed by atoms with Gasteiger partial charge in [0.1, 0.15) is 11.3 Å². The molecule has 1 aliphatic rings. The zero-order valence-electron chi connectivity index (χ0n) is 9.70. The molecule has 4 nitrogen and oxygen atoms in total. The van der Waals surface area contributed by atoms with Gasteiger partial charge in [0.25, 0.3) is 0 Å². The van der Waals surface area contributed by atoms with E-state index in [9.17, 15) is 0 Å². The second-order valence-corrected chi connectivity index (χ2v) is 4.48. The van der Waals surface area contributed by atoms with E-state index < -0.39 is 0 Å². The van der Waals surface area contributed by atoms with Crippen LogP contribution in [0.25, 0.3) is 11.2 Å². The van der Waals surface area contributed by atoms with E-state index in [0.717, 1.165) is 30.1 Å². The maximum absolute atomic E-state index is 4.63. The molecule has 1 N–H and O–H groups in total. The zero-order chi connectivity index (χ0) is 11.1. The van der Waals surface area contributed by atoms with Crippen molar-refractivity contribution >= 4 is 11.2 Å². The molecule has 0 aromatic carbocycles. The summed E-state index contributed by atoms with van der Waals surface area (Å²) >= 11 is 0. The summed E-state index contributed by atoms with van der Waals surface area (Å²) in [5.41, 5.74) is 3.43. The van der Waals surface area contributed by atoms with Gasteiger partial charge in [-0.15, -0.1) is 0 Å². The van der Waals surface area contributed by atoms with Crippen molar-refractivity contribution in [2.45, 2.75) is 19.3 Å². The van der Waals surface area contributed by atoms with Crippen molar-refractivity contribution in [3.8, 4) is 0 Å². The number of rotatable bonds is 1. The van der Waals surface area contributed by atoms with Crippen molar-refractivity contribution in [3.63, 3.8) is 0 Å². The molecule has 2 aromatic rings. The molecular formula is C12H16N4. The van der Waals surface area contributed by atoms with Crippen LogP contribution in [0.4, 0.5) is 0 Å². The molecule has 16 heavy (non-hydrogen) atoms. The van der Waals surface area contributed by atoms with Crippen LogP contribution in [0.1, 0.15) is 23.7 Å². The Kier molecular flexibility index (Phi) is 2.17. The standard InChI is InChI=1S/C12H16N4/c1-8-15-11-10(9-3-5-13-7-9)4-6-14-12(11)16(8)2/h4,6,9,13H,3,5,7H2,1-2H3. The first-order chi connectivity index (χ1) is 7.77. The summed E-state index contributed by atoms with van der Waals surface area (Å²) in [5, 5.41) is 3.40. The first kappa shape index (κ1) is 9.78. The number of nitrogens with zero attached hydrogens (tertiary/aromatic N) is 3. The van der Waals surface area contributed by atoms with Gasteiger partial charge in [0.05, 0.1) is 0 Å². The van der Waals surface area contributed by atoms with Gasteiger partial charge in [-0.1, -0.05) is 0 Å². The lowest BCUT2D eigenvalue weighted by atomic mass is 9.99. The van der Waals surface area contributed by atoms with E-state index in [1.54, 1.807) is 0 Å². The fourth-order valence-corrected chi connectivity index (χ4v) is 2.46. The first-order valence-electron chi connectivity index (χ1n) is 5.76. The maximum Gasteiger partial charge on any atom is 0.160 e. The highest BCUT2D eigenvalue weighted by Crippen LogP contribution is 2.27. The predicted molar refractivity (Wildman–Crippen MR) is 63.5 cm³/mol. The van der Waals surface area contributed by atoms with Gasteiger partial charge in [0.15, 0.2) is 5.65 Å². The minimum Gasteiger partial charge on any atom is -0.316 e. The molecule has 1 atom stereocenters. The lowest BCUT2D eigenvalue weighted by Gasteiger charge is -2.08. The Bertz CT molecular complexity index is 523. The number of hydrogen-bond acceptors (Lipinski definition) is 3. The third-order valence-electron chi connectivity index (χ3n) is 3.51. The SMILES string of the molecule is Cc1nc2c(C3CCNC3)ccnc2n1C. The van der Waals surface area contributed by atoms with Crippen molar-refractivity contribution in [3.05, 3.63) is 23.7 Å². The van der Waals surface area contributed by atoms with Crippen LogP contribution in [0, 0.1) is 6.92 Å². The van der Waals surface area contributed by atoms with E-state index in [4.69, 9.17) is 0 Å². The Hall–Kier alpha value is -1.42. The molecule has 1 unspecified atom stereocenters. The summed E-state index contributed by atoms with van der Waals surface area (Å²) in [6.45, 7) is 4.20. The maximum atomic E-state index is 4.63. The molecular weight excluding hydrogens is 200 g/mol. The number of pyridine rings is 1. The highest BCUT2D eigenvalue weighted by atomic mass is 15.1. The van der Waals surface area contributed by atoms with E-state index in [0.29, 0.717) is 5.92 Å². The number of aryl methyl sites for hydroxylation is 2. The Balaban J connectivity index is 2.20. The number of fused-ring (bicyclic) bond motifs is 1. The monoisotopic (exact) mass is 216 g/mol. The van der Waals surface area contributed by atoms with Gasteiger partial charge in [-0.2, -0.15) is 0 Å². The molecule has 3 heterocycles. The Morgan fingerprint density at radius 2 is 2.38 bits per heavy atom. The first-order valence-corrected chi connectivity index (χ1v) is 5.76. The van der Waals surface area contributed by atoms with Crippen molar-refractivity contribution in [1.82, 2.24) is 19.9 Å². The number of imidazole rings is 1. The van der Waals surface area contributed by atoms with Crippen LogP contribution in [-0.4, -0.2) is 27.6 Å². The van der Waals surface area contributed by atoms with Crippen LogP contribution >= 0.6 is 0 Å². The van der Waals surface area contributed by atoms with Gasteiger partial charge < -0.3 is 9.88 Å². The molecule has 3 rings (SSSR count). The molecule has 0 saturated carbocycles. The van der Waals surface area contributed by atoms with Gasteiger partial charge in [-0.3, -0.25) is 0 Å². The van der Waals surface area contributed by atoms with Gasteiger partial charge >= 0.3 is 0 Å². The molecule has 0 spiro atoms. The lowest BCUT2D eigenvalue weighted by Crippen LogP contribution is -2.08. The van der Waals surface area contributed by atoms with Gasteiger partial charge in [0.2, 0.25) is 0 Å². The number of nitrogens with one attached hydrogen (secondary N) is 1. The fourth-order valence-electron chi connectivity index (χ4n) is 2.46. The summed E-state index contributed by atoms with van der Waals surface area (Å²) < 4.78 is 2.06. The molecule has 0 amide bonds. The minimum absolute atomic E-state index is 0.597. The topological polar surface area (TPSA) is 42.7 Å². The van der Waals surface area contributed by atoms with Gasteiger partial charge in [-0.05, 0) is 37.4 Å². The smallest absolute Gasteiger partial charge is 0.160 e. The van der Waals surface area contributed by atoms with Crippen molar-refractivity contribution < 1.29 is 0 Å². The molecule has 0 radical (unpaired) electrons. The van der Waals surface area contributed by atoms with E-state index >= 15 is 0 Å². The van der Waals surface area contributed by atoms with Crippen LogP contribution in [0.15, 0.2) is 12.3 Å². The van der Waals surface area contributed by atoms with Crippen LogP contribution < -0.4 is 5.32 Å². The molecule has 0 aliphatic carbocycles. The second kappa shape index (κ2) is 3.56. The summed E-state index contributed by atoms with van der Waals surface area (Å²) in [4.78, 5) is 9.04. The second-order valence-electron chi connectivity index (χ2n) is 4.48.